The van der Waals surface area contributed by atoms with Crippen LogP contribution in [0.5, 0.6) is 0 Å². The highest BCUT2D eigenvalue weighted by molar-refractivity contribution is 14.1. The van der Waals surface area contributed by atoms with E-state index in [2.05, 4.69) is 37.5 Å². The fraction of sp³-hybridized carbons (Fsp3) is 0.438. The molecule has 2 aromatic rings. The van der Waals surface area contributed by atoms with Crippen molar-refractivity contribution in [1.82, 2.24) is 10.1 Å². The molecule has 1 fully saturated rings. The molecule has 0 spiro atoms. The third kappa shape index (κ3) is 3.54. The molecule has 0 unspecified atom stereocenters. The molecule has 3 rings (SSSR count). The summed E-state index contributed by atoms with van der Waals surface area (Å²) in [7, 11) is 0. The quantitative estimate of drug-likeness (QED) is 0.412. The van der Waals surface area contributed by atoms with Gasteiger partial charge in [0.1, 0.15) is 11.4 Å². The summed E-state index contributed by atoms with van der Waals surface area (Å²) in [5.41, 5.74) is 2.96. The Balaban J connectivity index is 1.68. The van der Waals surface area contributed by atoms with Crippen LogP contribution in [0, 0.1) is 27.5 Å². The highest BCUT2D eigenvalue weighted by Gasteiger charge is 2.25. The van der Waals surface area contributed by atoms with Gasteiger partial charge < -0.3 is 9.42 Å². The Morgan fingerprint density at radius 2 is 2.00 bits per heavy atom. The van der Waals surface area contributed by atoms with Gasteiger partial charge in [-0.3, -0.25) is 15.0 Å². The molecule has 0 saturated carbocycles. The Kier molecular flexibility index (Phi) is 5.04. The largest absolute Gasteiger partial charge is 0.363 e. The number of hydrogen-bond acceptors (Lipinski definition) is 6. The summed E-state index contributed by atoms with van der Waals surface area (Å²) in [5.74, 6) is 0.864. The number of halogens is 1. The number of hydrogen-bond donors (Lipinski definition) is 0. The van der Waals surface area contributed by atoms with Crippen molar-refractivity contribution in [3.05, 3.63) is 48.9 Å². The normalized spacial score (nSPS) is 15.7. The van der Waals surface area contributed by atoms with E-state index in [0.717, 1.165) is 53.3 Å². The first kappa shape index (κ1) is 17.2. The minimum Gasteiger partial charge on any atom is -0.363 e. The van der Waals surface area contributed by atoms with Gasteiger partial charge in [-0.1, -0.05) is 5.16 Å². The van der Waals surface area contributed by atoms with Gasteiger partial charge in [-0.05, 0) is 48.6 Å². The molecule has 0 bridgehead atoms. The highest BCUT2D eigenvalue weighted by atomic mass is 127. The zero-order valence-electron chi connectivity index (χ0n) is 13.7. The molecular weight excluding hydrogens is 423 g/mol. The second-order valence-electron chi connectivity index (χ2n) is 5.96. The van der Waals surface area contributed by atoms with Crippen molar-refractivity contribution in [2.24, 2.45) is 0 Å². The van der Waals surface area contributed by atoms with Crippen molar-refractivity contribution in [3.63, 3.8) is 0 Å². The molecule has 1 saturated heterocycles. The van der Waals surface area contributed by atoms with Crippen LogP contribution < -0.4 is 4.90 Å². The molecule has 0 amide bonds. The van der Waals surface area contributed by atoms with Gasteiger partial charge in [0.25, 0.3) is 5.69 Å². The summed E-state index contributed by atoms with van der Waals surface area (Å²) in [6.45, 7) is 7.94. The Morgan fingerprint density at radius 1 is 1.29 bits per heavy atom. The average molecular weight is 442 g/mol. The van der Waals surface area contributed by atoms with Gasteiger partial charge in [0, 0.05) is 47.9 Å². The van der Waals surface area contributed by atoms with Crippen LogP contribution in [0.25, 0.3) is 0 Å². The Bertz CT molecular complexity index is 734. The maximum absolute atomic E-state index is 11.3. The summed E-state index contributed by atoms with van der Waals surface area (Å²) < 4.78 is 6.09. The van der Waals surface area contributed by atoms with Crippen molar-refractivity contribution >= 4 is 34.0 Å². The molecule has 1 aromatic heterocycles. The first-order chi connectivity index (χ1) is 11.5. The zero-order valence-corrected chi connectivity index (χ0v) is 15.8. The number of aryl methyl sites for hydroxylation is 2. The van der Waals surface area contributed by atoms with Gasteiger partial charge >= 0.3 is 0 Å². The smallest absolute Gasteiger partial charge is 0.293 e. The van der Waals surface area contributed by atoms with E-state index in [9.17, 15) is 10.1 Å². The predicted molar refractivity (Wildman–Crippen MR) is 99.3 cm³/mol. The van der Waals surface area contributed by atoms with Crippen LogP contribution >= 0.6 is 22.6 Å². The van der Waals surface area contributed by atoms with Crippen LogP contribution in [0.15, 0.2) is 22.7 Å². The molecule has 0 N–H and O–H groups in total. The maximum Gasteiger partial charge on any atom is 0.293 e. The lowest BCUT2D eigenvalue weighted by atomic mass is 10.1. The van der Waals surface area contributed by atoms with Crippen LogP contribution in [0.4, 0.5) is 11.4 Å². The Hall–Kier alpha value is -1.68. The lowest BCUT2D eigenvalue weighted by Crippen LogP contribution is -2.46. The molecule has 1 aliphatic rings. The lowest BCUT2D eigenvalue weighted by molar-refractivity contribution is -0.384. The number of aromatic nitrogens is 1. The fourth-order valence-electron chi connectivity index (χ4n) is 3.01. The fourth-order valence-corrected chi connectivity index (χ4v) is 3.48. The SMILES string of the molecule is Cc1noc(C)c1CN1CCN(c2ccc(I)cc2[N+](=O)[O-])CC1. The van der Waals surface area contributed by atoms with Gasteiger partial charge in [0.2, 0.25) is 0 Å². The lowest BCUT2D eigenvalue weighted by Gasteiger charge is -2.35. The number of nitrogens with zero attached hydrogens (tertiary/aromatic N) is 4. The molecule has 24 heavy (non-hydrogen) atoms. The molecule has 8 heteroatoms. The van der Waals surface area contributed by atoms with E-state index in [1.807, 2.05) is 26.0 Å². The minimum absolute atomic E-state index is 0.182. The van der Waals surface area contributed by atoms with Crippen molar-refractivity contribution < 1.29 is 9.45 Å². The first-order valence-electron chi connectivity index (χ1n) is 7.78. The summed E-state index contributed by atoms with van der Waals surface area (Å²) in [4.78, 5) is 15.4. The van der Waals surface area contributed by atoms with E-state index in [0.29, 0.717) is 5.69 Å². The first-order valence-corrected chi connectivity index (χ1v) is 8.86. The average Bonchev–Trinajstić information content (AvgIpc) is 2.87. The molecule has 7 nitrogen and oxygen atoms in total. The van der Waals surface area contributed by atoms with Crippen molar-refractivity contribution in [1.29, 1.82) is 0 Å². The molecule has 0 aliphatic carbocycles. The number of nitro benzene ring substituents is 1. The summed E-state index contributed by atoms with van der Waals surface area (Å²) in [6.07, 6.45) is 0. The zero-order chi connectivity index (χ0) is 17.3. The number of rotatable bonds is 4. The van der Waals surface area contributed by atoms with Gasteiger partial charge in [-0.2, -0.15) is 0 Å². The Labute approximate surface area is 153 Å². The third-order valence-electron chi connectivity index (χ3n) is 4.41. The molecule has 128 valence electrons. The van der Waals surface area contributed by atoms with E-state index >= 15 is 0 Å². The minimum atomic E-state index is -0.298. The van der Waals surface area contributed by atoms with Crippen LogP contribution in [0.3, 0.4) is 0 Å². The van der Waals surface area contributed by atoms with Gasteiger partial charge in [0.15, 0.2) is 0 Å². The molecule has 1 aromatic carbocycles. The van der Waals surface area contributed by atoms with Gasteiger partial charge in [-0.15, -0.1) is 0 Å². The van der Waals surface area contributed by atoms with E-state index in [4.69, 9.17) is 4.52 Å². The maximum atomic E-state index is 11.3. The van der Waals surface area contributed by atoms with Crippen molar-refractivity contribution in [3.8, 4) is 0 Å². The highest BCUT2D eigenvalue weighted by Crippen LogP contribution is 2.30. The van der Waals surface area contributed by atoms with E-state index in [-0.39, 0.29) is 10.6 Å². The number of anilines is 1. The predicted octanol–water partition coefficient (Wildman–Crippen LogP) is 3.13. The molecule has 2 heterocycles. The summed E-state index contributed by atoms with van der Waals surface area (Å²) >= 11 is 2.10. The number of piperazine rings is 1. The Morgan fingerprint density at radius 3 is 2.58 bits per heavy atom. The van der Waals surface area contributed by atoms with E-state index in [1.54, 1.807) is 6.07 Å². The van der Waals surface area contributed by atoms with Crippen LogP contribution in [0.2, 0.25) is 0 Å². The molecule has 0 radical (unpaired) electrons. The molecule has 1 aliphatic heterocycles. The monoisotopic (exact) mass is 442 g/mol. The number of benzene rings is 1. The van der Waals surface area contributed by atoms with E-state index < -0.39 is 0 Å². The third-order valence-corrected chi connectivity index (χ3v) is 5.08. The topological polar surface area (TPSA) is 75.7 Å². The summed E-state index contributed by atoms with van der Waals surface area (Å²) in [6, 6.07) is 5.40. The standard InChI is InChI=1S/C16H19IN4O3/c1-11-14(12(2)24-18-11)10-19-5-7-20(8-6-19)15-4-3-13(17)9-16(15)21(22)23/h3-4,9H,5-8,10H2,1-2H3. The van der Waals surface area contributed by atoms with Crippen molar-refractivity contribution in [2.75, 3.05) is 31.1 Å². The van der Waals surface area contributed by atoms with E-state index in [1.165, 1.54) is 0 Å². The molecular formula is C16H19IN4O3. The second-order valence-corrected chi connectivity index (χ2v) is 7.20. The van der Waals surface area contributed by atoms with Crippen LogP contribution in [-0.2, 0) is 6.54 Å². The molecule has 0 atom stereocenters. The van der Waals surface area contributed by atoms with Gasteiger partial charge in [0.05, 0.1) is 10.6 Å². The summed E-state index contributed by atoms with van der Waals surface area (Å²) in [5, 5.41) is 15.3. The number of nitro groups is 1. The second kappa shape index (κ2) is 7.06. The van der Waals surface area contributed by atoms with Crippen molar-refractivity contribution in [2.45, 2.75) is 20.4 Å². The van der Waals surface area contributed by atoms with Crippen LogP contribution in [0.1, 0.15) is 17.0 Å². The van der Waals surface area contributed by atoms with Gasteiger partial charge in [-0.25, -0.2) is 0 Å². The van der Waals surface area contributed by atoms with Crippen LogP contribution in [-0.4, -0.2) is 41.2 Å².